The number of aryl methyl sites for hydroxylation is 2. The molecule has 0 aliphatic carbocycles. The molecule has 57 heavy (non-hydrogen) atoms. The number of amides is 2. The predicted octanol–water partition coefficient (Wildman–Crippen LogP) is -4.63. The van der Waals surface area contributed by atoms with Crippen molar-refractivity contribution in [3.63, 3.8) is 0 Å². The van der Waals surface area contributed by atoms with Gasteiger partial charge in [0.05, 0.1) is 38.5 Å². The largest absolute Gasteiger partial charge is 0.394 e. The van der Waals surface area contributed by atoms with Gasteiger partial charge in [0.2, 0.25) is 6.41 Å². The summed E-state index contributed by atoms with van der Waals surface area (Å²) in [7, 11) is 0. The number of nitrogen functional groups attached to an aromatic ring is 1. The average molecular weight is 805 g/mol. The lowest BCUT2D eigenvalue weighted by atomic mass is 10.00. The van der Waals surface area contributed by atoms with E-state index >= 15 is 0 Å². The Morgan fingerprint density at radius 1 is 0.947 bits per heavy atom. The van der Waals surface area contributed by atoms with Gasteiger partial charge in [-0.25, -0.2) is 19.1 Å². The highest BCUT2D eigenvalue weighted by Gasteiger charge is 2.39. The summed E-state index contributed by atoms with van der Waals surface area (Å²) in [6, 6.07) is 6.40. The summed E-state index contributed by atoms with van der Waals surface area (Å²) in [5.41, 5.74) is 9.12. The molecular formula is C36H54N9O12+. The summed E-state index contributed by atoms with van der Waals surface area (Å²) in [6.45, 7) is 2.60. The van der Waals surface area contributed by atoms with E-state index < -0.39 is 81.2 Å². The van der Waals surface area contributed by atoms with Crippen molar-refractivity contribution >= 4 is 46.2 Å². The number of nitrogens with zero attached hydrogens (tertiary/aromatic N) is 7. The molecule has 1 aliphatic heterocycles. The Bertz CT molecular complexity index is 1950. The molecule has 21 heteroatoms. The van der Waals surface area contributed by atoms with Crippen LogP contribution in [-0.4, -0.2) is 187 Å². The fourth-order valence-corrected chi connectivity index (χ4v) is 7.40. The SMILES string of the molecule is CCn1c(CN(C=O)c2nc3cc[nH]c3nc2N)[n+](CC)c2ccc(C(=O)N3CC[C@@H](N(C[C@H](O)[C@@H](O)[C@H](O)[C@H](O)CO)C[C@H](O)[C@@H](O)[C@H](O)[C@H](O)CO)C3)cc21. The molecule has 13 N–H and O–H groups in total. The van der Waals surface area contributed by atoms with Crippen molar-refractivity contribution in [2.45, 2.75) is 94.8 Å². The van der Waals surface area contributed by atoms with Gasteiger partial charge in [0.25, 0.3) is 11.7 Å². The number of carbonyl (C=O) groups is 2. The molecule has 9 atom stereocenters. The molecule has 21 nitrogen and oxygen atoms in total. The minimum atomic E-state index is -1.94. The lowest BCUT2D eigenvalue weighted by molar-refractivity contribution is -0.676. The first-order valence-electron chi connectivity index (χ1n) is 18.8. The number of hydrogen-bond donors (Lipinski definition) is 12. The molecule has 0 radical (unpaired) electrons. The highest BCUT2D eigenvalue weighted by molar-refractivity contribution is 5.97. The Balaban J connectivity index is 1.39. The molecule has 3 aromatic heterocycles. The second-order valence-electron chi connectivity index (χ2n) is 14.2. The van der Waals surface area contributed by atoms with E-state index in [1.165, 1.54) is 9.80 Å². The van der Waals surface area contributed by atoms with Gasteiger partial charge in [0.1, 0.15) is 48.7 Å². The van der Waals surface area contributed by atoms with Crippen LogP contribution in [0.1, 0.15) is 36.5 Å². The monoisotopic (exact) mass is 804 g/mol. The predicted molar refractivity (Wildman–Crippen MR) is 202 cm³/mol. The van der Waals surface area contributed by atoms with Crippen LogP contribution in [0.5, 0.6) is 0 Å². The van der Waals surface area contributed by atoms with Crippen molar-refractivity contribution in [3.8, 4) is 0 Å². The van der Waals surface area contributed by atoms with Crippen LogP contribution in [0.3, 0.4) is 0 Å². The number of nitrogens with one attached hydrogen (secondary N) is 1. The Morgan fingerprint density at radius 2 is 1.56 bits per heavy atom. The summed E-state index contributed by atoms with van der Waals surface area (Å²) in [4.78, 5) is 42.7. The third-order valence-corrected chi connectivity index (χ3v) is 10.6. The first kappa shape index (κ1) is 43.7. The number of hydrogen-bond acceptors (Lipinski definition) is 16. The molecule has 0 saturated carbocycles. The van der Waals surface area contributed by atoms with Crippen LogP contribution >= 0.6 is 0 Å². The van der Waals surface area contributed by atoms with E-state index in [1.807, 2.05) is 29.0 Å². The molecule has 2 amide bonds. The summed E-state index contributed by atoms with van der Waals surface area (Å²) in [5.74, 6) is 0.674. The lowest BCUT2D eigenvalue weighted by Crippen LogP contribution is -2.55. The van der Waals surface area contributed by atoms with E-state index in [2.05, 4.69) is 15.0 Å². The Kier molecular flexibility index (Phi) is 14.5. The molecule has 4 heterocycles. The van der Waals surface area contributed by atoms with E-state index in [4.69, 9.17) is 5.73 Å². The summed E-state index contributed by atoms with van der Waals surface area (Å²) >= 11 is 0. The number of aliphatic hydroxyl groups excluding tert-OH is 10. The first-order valence-corrected chi connectivity index (χ1v) is 18.8. The maximum Gasteiger partial charge on any atom is 0.277 e. The number of H-pyrrole nitrogens is 1. The van der Waals surface area contributed by atoms with Gasteiger partial charge in [-0.2, -0.15) is 0 Å². The zero-order valence-electron chi connectivity index (χ0n) is 31.7. The van der Waals surface area contributed by atoms with Crippen LogP contribution < -0.4 is 15.2 Å². The van der Waals surface area contributed by atoms with Gasteiger partial charge in [-0.1, -0.05) is 0 Å². The molecule has 1 aromatic carbocycles. The number of likely N-dealkylation sites (tertiary alicyclic amines) is 1. The Hall–Kier alpha value is -4.39. The number of fused-ring (bicyclic) bond motifs is 2. The number of aromatic amines is 1. The number of rotatable bonds is 20. The van der Waals surface area contributed by atoms with Crippen molar-refractivity contribution in [3.05, 3.63) is 41.9 Å². The van der Waals surface area contributed by atoms with Gasteiger partial charge in [-0.05, 0) is 38.5 Å². The second kappa shape index (κ2) is 18.9. The average Bonchev–Trinajstić information content (AvgIpc) is 3.97. The van der Waals surface area contributed by atoms with Crippen LogP contribution in [0.2, 0.25) is 0 Å². The molecule has 1 saturated heterocycles. The number of benzene rings is 1. The fraction of sp³-hybridized carbons (Fsp3) is 0.583. The van der Waals surface area contributed by atoms with Crippen molar-refractivity contribution in [1.82, 2.24) is 29.3 Å². The van der Waals surface area contributed by atoms with Crippen LogP contribution in [0.15, 0.2) is 30.5 Å². The number of aliphatic hydroxyl groups is 10. The van der Waals surface area contributed by atoms with Gasteiger partial charge in [-0.15, -0.1) is 0 Å². The molecule has 0 unspecified atom stereocenters. The number of nitrogens with two attached hydrogens (primary N) is 1. The van der Waals surface area contributed by atoms with Crippen molar-refractivity contribution in [2.75, 3.05) is 50.0 Å². The second-order valence-corrected chi connectivity index (χ2v) is 14.2. The van der Waals surface area contributed by atoms with Crippen LogP contribution in [0.25, 0.3) is 22.2 Å². The number of aromatic nitrogens is 5. The molecule has 1 aliphatic rings. The first-order chi connectivity index (χ1) is 27.2. The zero-order valence-corrected chi connectivity index (χ0v) is 31.7. The highest BCUT2D eigenvalue weighted by Crippen LogP contribution is 2.26. The van der Waals surface area contributed by atoms with E-state index in [1.54, 1.807) is 29.3 Å². The highest BCUT2D eigenvalue weighted by atomic mass is 16.4. The van der Waals surface area contributed by atoms with Crippen molar-refractivity contribution in [1.29, 1.82) is 0 Å². The minimum Gasteiger partial charge on any atom is -0.394 e. The third kappa shape index (κ3) is 9.18. The maximum atomic E-state index is 14.1. The Labute approximate surface area is 327 Å². The van der Waals surface area contributed by atoms with Gasteiger partial charge in [-0.3, -0.25) is 19.4 Å². The fourth-order valence-electron chi connectivity index (χ4n) is 7.40. The van der Waals surface area contributed by atoms with E-state index in [0.29, 0.717) is 42.6 Å². The smallest absolute Gasteiger partial charge is 0.277 e. The zero-order chi connectivity index (χ0) is 41.7. The minimum absolute atomic E-state index is 0.0589. The molecule has 0 spiro atoms. The number of anilines is 2. The molecule has 4 aromatic rings. The quantitative estimate of drug-likeness (QED) is 0.0295. The molecule has 314 valence electrons. The number of carbonyl (C=O) groups excluding carboxylic acids is 2. The lowest BCUT2D eigenvalue weighted by Gasteiger charge is -2.36. The van der Waals surface area contributed by atoms with Gasteiger partial charge >= 0.3 is 0 Å². The van der Waals surface area contributed by atoms with Gasteiger partial charge < -0.3 is 66.7 Å². The van der Waals surface area contributed by atoms with Crippen molar-refractivity contribution < 1.29 is 65.2 Å². The molecule has 1 fully saturated rings. The van der Waals surface area contributed by atoms with E-state index in [-0.39, 0.29) is 37.2 Å². The molecule has 0 bridgehead atoms. The van der Waals surface area contributed by atoms with Gasteiger partial charge in [0, 0.05) is 50.0 Å². The van der Waals surface area contributed by atoms with Crippen LogP contribution in [-0.2, 0) is 24.4 Å². The summed E-state index contributed by atoms with van der Waals surface area (Å²) in [6.07, 6.45) is -12.2. The summed E-state index contributed by atoms with van der Waals surface area (Å²) < 4.78 is 4.01. The Morgan fingerprint density at radius 3 is 2.12 bits per heavy atom. The van der Waals surface area contributed by atoms with E-state index in [0.717, 1.165) is 16.9 Å². The standard InChI is InChI=1S/C36H54N9O12/c1-3-44-22-6-5-19(11-23(22)45(4-2)28(44)15-43(18-48)35-33(37)40-34-21(39-35)7-9-38-34)36(57)41-10-8-20(12-41)42(13-24(49)29(53)31(55)26(51)16-46)14-25(50)30(54)32(56)27(52)17-47/h5-7,9,11,18,20,24-27,29-32,46-47,49-56H,3-4,8,10,12-17H2,1-2H3,(H3,37,38,40)/q+1/t20-,24+,25+,26-,27-,29-,30-,31-,32-/m1/s1. The normalized spacial score (nSPS) is 19.1. The number of imidazole rings is 1. The molecule has 5 rings (SSSR count). The maximum absolute atomic E-state index is 14.1. The third-order valence-electron chi connectivity index (χ3n) is 10.6. The van der Waals surface area contributed by atoms with Crippen molar-refractivity contribution in [2.24, 2.45) is 0 Å². The van der Waals surface area contributed by atoms with Crippen LogP contribution in [0, 0.1) is 0 Å². The topological polar surface area (TPSA) is 323 Å². The van der Waals surface area contributed by atoms with E-state index in [9.17, 15) is 60.7 Å². The summed E-state index contributed by atoms with van der Waals surface area (Å²) in [5, 5.41) is 101. The van der Waals surface area contributed by atoms with Crippen LogP contribution in [0.4, 0.5) is 11.6 Å². The molecular weight excluding hydrogens is 750 g/mol. The van der Waals surface area contributed by atoms with Gasteiger partial charge in [0.15, 0.2) is 28.3 Å².